The Kier molecular flexibility index (Phi) is 3.59. The predicted molar refractivity (Wildman–Crippen MR) is 75.8 cm³/mol. The number of fused-ring (bicyclic) bond motifs is 1. The number of H-pyrrole nitrogens is 1. The maximum absolute atomic E-state index is 12.0. The van der Waals surface area contributed by atoms with E-state index in [9.17, 15) is 4.79 Å². The lowest BCUT2D eigenvalue weighted by atomic mass is 10.1. The van der Waals surface area contributed by atoms with E-state index in [1.165, 1.54) is 0 Å². The summed E-state index contributed by atoms with van der Waals surface area (Å²) in [6.07, 6.45) is 0.841. The van der Waals surface area contributed by atoms with Gasteiger partial charge in [-0.05, 0) is 40.4 Å². The highest BCUT2D eigenvalue weighted by Gasteiger charge is 2.09. The van der Waals surface area contributed by atoms with Crippen molar-refractivity contribution in [2.45, 2.75) is 20.3 Å². The molecule has 0 aliphatic heterocycles. The predicted octanol–water partition coefficient (Wildman–Crippen LogP) is 4.14. The molecule has 0 aliphatic carbocycles. The van der Waals surface area contributed by atoms with E-state index in [0.29, 0.717) is 21.8 Å². The molecule has 0 unspecified atom stereocenters. The summed E-state index contributed by atoms with van der Waals surface area (Å²) < 4.78 is 0.772. The van der Waals surface area contributed by atoms with Crippen molar-refractivity contribution in [1.29, 1.82) is 0 Å². The van der Waals surface area contributed by atoms with E-state index in [1.54, 1.807) is 18.2 Å². The molecule has 1 N–H and O–H groups in total. The normalized spacial score (nSPS) is 11.4. The fourth-order valence-electron chi connectivity index (χ4n) is 1.89. The van der Waals surface area contributed by atoms with Crippen molar-refractivity contribution in [2.24, 2.45) is 5.92 Å². The lowest BCUT2D eigenvalue weighted by Crippen LogP contribution is -2.08. The molecule has 0 radical (unpaired) electrons. The summed E-state index contributed by atoms with van der Waals surface area (Å²) in [7, 11) is 0. The topological polar surface area (TPSA) is 32.9 Å². The highest BCUT2D eigenvalue weighted by atomic mass is 79.9. The van der Waals surface area contributed by atoms with Gasteiger partial charge in [-0.25, -0.2) is 0 Å². The lowest BCUT2D eigenvalue weighted by Gasteiger charge is -2.08. The molecule has 0 amide bonds. The molecule has 1 aromatic carbocycles. The van der Waals surface area contributed by atoms with Crippen LogP contribution in [-0.2, 0) is 6.42 Å². The van der Waals surface area contributed by atoms with Crippen LogP contribution in [0.25, 0.3) is 10.9 Å². The van der Waals surface area contributed by atoms with Gasteiger partial charge >= 0.3 is 0 Å². The fraction of sp³-hybridized carbons (Fsp3) is 0.308. The van der Waals surface area contributed by atoms with Crippen LogP contribution in [0.4, 0.5) is 0 Å². The van der Waals surface area contributed by atoms with Crippen molar-refractivity contribution < 1.29 is 0 Å². The van der Waals surface area contributed by atoms with Gasteiger partial charge in [-0.1, -0.05) is 25.4 Å². The van der Waals surface area contributed by atoms with Gasteiger partial charge in [-0.15, -0.1) is 0 Å². The monoisotopic (exact) mass is 313 g/mol. The van der Waals surface area contributed by atoms with E-state index in [1.807, 2.05) is 0 Å². The van der Waals surface area contributed by atoms with Crippen LogP contribution in [-0.4, -0.2) is 4.98 Å². The van der Waals surface area contributed by atoms with Crippen molar-refractivity contribution in [1.82, 2.24) is 4.98 Å². The molecule has 17 heavy (non-hydrogen) atoms. The quantitative estimate of drug-likeness (QED) is 0.887. The Morgan fingerprint density at radius 1 is 1.41 bits per heavy atom. The van der Waals surface area contributed by atoms with Gasteiger partial charge in [-0.3, -0.25) is 4.79 Å². The van der Waals surface area contributed by atoms with Gasteiger partial charge < -0.3 is 4.98 Å². The summed E-state index contributed by atoms with van der Waals surface area (Å²) in [6.45, 7) is 4.23. The highest BCUT2D eigenvalue weighted by Crippen LogP contribution is 2.26. The molecule has 0 spiro atoms. The van der Waals surface area contributed by atoms with Crippen LogP contribution in [0.5, 0.6) is 0 Å². The zero-order valence-electron chi connectivity index (χ0n) is 9.68. The van der Waals surface area contributed by atoms with Gasteiger partial charge in [0.1, 0.15) is 0 Å². The Balaban J connectivity index is 2.73. The number of hydrogen-bond acceptors (Lipinski definition) is 1. The third-order valence-electron chi connectivity index (χ3n) is 2.57. The van der Waals surface area contributed by atoms with Crippen molar-refractivity contribution in [3.8, 4) is 0 Å². The van der Waals surface area contributed by atoms with Crippen molar-refractivity contribution in [2.75, 3.05) is 0 Å². The van der Waals surface area contributed by atoms with E-state index >= 15 is 0 Å². The minimum absolute atomic E-state index is 0.00350. The summed E-state index contributed by atoms with van der Waals surface area (Å²) >= 11 is 9.50. The van der Waals surface area contributed by atoms with Gasteiger partial charge in [0.2, 0.25) is 0 Å². The Morgan fingerprint density at radius 2 is 2.12 bits per heavy atom. The van der Waals surface area contributed by atoms with E-state index in [4.69, 9.17) is 11.6 Å². The van der Waals surface area contributed by atoms with Crippen LogP contribution in [0, 0.1) is 5.92 Å². The number of pyridine rings is 1. The number of benzene rings is 1. The van der Waals surface area contributed by atoms with Crippen LogP contribution in [0.1, 0.15) is 19.5 Å². The molecule has 2 nitrogen and oxygen atoms in total. The first-order valence-corrected chi connectivity index (χ1v) is 6.66. The summed E-state index contributed by atoms with van der Waals surface area (Å²) in [5.41, 5.74) is 1.64. The average molecular weight is 315 g/mol. The second kappa shape index (κ2) is 4.83. The minimum atomic E-state index is 0.00350. The number of aromatic nitrogens is 1. The largest absolute Gasteiger partial charge is 0.357 e. The fourth-order valence-corrected chi connectivity index (χ4v) is 2.62. The number of hydrogen-bond donors (Lipinski definition) is 1. The van der Waals surface area contributed by atoms with Crippen molar-refractivity contribution >= 4 is 38.4 Å². The van der Waals surface area contributed by atoms with Crippen LogP contribution in [0.2, 0.25) is 5.02 Å². The van der Waals surface area contributed by atoms with Crippen LogP contribution < -0.4 is 5.43 Å². The summed E-state index contributed by atoms with van der Waals surface area (Å²) in [4.78, 5) is 15.3. The second-order valence-electron chi connectivity index (χ2n) is 4.54. The van der Waals surface area contributed by atoms with E-state index in [-0.39, 0.29) is 5.43 Å². The maximum Gasteiger partial charge on any atom is 0.190 e. The summed E-state index contributed by atoms with van der Waals surface area (Å²) in [6, 6.07) is 5.23. The van der Waals surface area contributed by atoms with Gasteiger partial charge in [0.05, 0.1) is 15.9 Å². The van der Waals surface area contributed by atoms with Crippen LogP contribution in [0.15, 0.2) is 27.5 Å². The third kappa shape index (κ3) is 2.55. The van der Waals surface area contributed by atoms with E-state index in [2.05, 4.69) is 34.8 Å². The molecule has 4 heteroatoms. The first-order chi connectivity index (χ1) is 7.99. The first kappa shape index (κ1) is 12.7. The van der Waals surface area contributed by atoms with Crippen LogP contribution >= 0.6 is 27.5 Å². The Bertz CT molecular complexity index is 619. The average Bonchev–Trinajstić information content (AvgIpc) is 2.22. The van der Waals surface area contributed by atoms with Gasteiger partial charge in [0, 0.05) is 16.2 Å². The standard InChI is InChI=1S/C13H13BrClNO/c1-7(2)5-8-6-11(17)12-9(14)3-4-10(15)13(12)16-8/h3-4,6-7H,5H2,1-2H3,(H,16,17). The summed E-state index contributed by atoms with van der Waals surface area (Å²) in [5.74, 6) is 0.494. The maximum atomic E-state index is 12.0. The lowest BCUT2D eigenvalue weighted by molar-refractivity contribution is 0.636. The molecule has 0 saturated carbocycles. The molecule has 1 aromatic heterocycles. The van der Waals surface area contributed by atoms with Gasteiger partial charge in [-0.2, -0.15) is 0 Å². The SMILES string of the molecule is CC(C)Cc1cc(=O)c2c(Br)ccc(Cl)c2[nH]1. The number of nitrogens with one attached hydrogen (secondary N) is 1. The highest BCUT2D eigenvalue weighted by molar-refractivity contribution is 9.10. The smallest absolute Gasteiger partial charge is 0.190 e. The van der Waals surface area contributed by atoms with E-state index < -0.39 is 0 Å². The Labute approximate surface area is 113 Å². The van der Waals surface area contributed by atoms with Crippen molar-refractivity contribution in [3.63, 3.8) is 0 Å². The molecule has 2 rings (SSSR count). The Morgan fingerprint density at radius 3 is 2.76 bits per heavy atom. The molecule has 0 atom stereocenters. The zero-order chi connectivity index (χ0) is 12.6. The number of halogens is 2. The molecular weight excluding hydrogens is 302 g/mol. The molecule has 0 bridgehead atoms. The van der Waals surface area contributed by atoms with Gasteiger partial charge in [0.25, 0.3) is 0 Å². The molecule has 0 saturated heterocycles. The molecule has 0 fully saturated rings. The third-order valence-corrected chi connectivity index (χ3v) is 3.54. The second-order valence-corrected chi connectivity index (χ2v) is 5.80. The van der Waals surface area contributed by atoms with Gasteiger partial charge in [0.15, 0.2) is 5.43 Å². The molecule has 90 valence electrons. The molecular formula is C13H13BrClNO. The Hall–Kier alpha value is -0.800. The number of aromatic amines is 1. The molecule has 1 heterocycles. The first-order valence-electron chi connectivity index (χ1n) is 5.49. The van der Waals surface area contributed by atoms with E-state index in [0.717, 1.165) is 16.6 Å². The molecule has 0 aliphatic rings. The summed E-state index contributed by atoms with van der Waals surface area (Å²) in [5, 5.41) is 1.19. The van der Waals surface area contributed by atoms with Crippen LogP contribution in [0.3, 0.4) is 0 Å². The number of rotatable bonds is 2. The molecule has 2 aromatic rings. The minimum Gasteiger partial charge on any atom is -0.357 e. The zero-order valence-corrected chi connectivity index (χ0v) is 12.0. The van der Waals surface area contributed by atoms with Crippen molar-refractivity contribution in [3.05, 3.63) is 43.6 Å².